The van der Waals surface area contributed by atoms with Crippen LogP contribution in [0, 0.1) is 6.92 Å². The second-order valence-electron chi connectivity index (χ2n) is 6.91. The van der Waals surface area contributed by atoms with E-state index >= 15 is 0 Å². The fourth-order valence-corrected chi connectivity index (χ4v) is 3.87. The predicted molar refractivity (Wildman–Crippen MR) is 128 cm³/mol. The molecule has 3 aromatic rings. The molecule has 0 saturated heterocycles. The van der Waals surface area contributed by atoms with Gasteiger partial charge >= 0.3 is 0 Å². The van der Waals surface area contributed by atoms with Crippen molar-refractivity contribution in [1.82, 2.24) is 4.31 Å². The van der Waals surface area contributed by atoms with Crippen molar-refractivity contribution < 1.29 is 8.42 Å². The highest BCUT2D eigenvalue weighted by molar-refractivity contribution is 7.89. The Morgan fingerprint density at radius 1 is 0.833 bits per heavy atom. The standard InChI is InChI=1S/C22H24N4O2S2/c1-16-9-14-20(30(27,28)26(2)3)15-21(16)25-22(29)24-19-12-10-18(11-13-19)23-17-7-5-4-6-8-17/h4-15,23H,1-3H3,(H2,24,25,29). The first kappa shape index (κ1) is 21.8. The molecule has 0 aromatic heterocycles. The summed E-state index contributed by atoms with van der Waals surface area (Å²) >= 11 is 5.41. The van der Waals surface area contributed by atoms with Crippen LogP contribution in [-0.4, -0.2) is 31.9 Å². The van der Waals surface area contributed by atoms with Gasteiger partial charge in [0.25, 0.3) is 0 Å². The lowest BCUT2D eigenvalue weighted by Crippen LogP contribution is -2.23. The zero-order valence-corrected chi connectivity index (χ0v) is 18.6. The second-order valence-corrected chi connectivity index (χ2v) is 9.47. The van der Waals surface area contributed by atoms with Gasteiger partial charge in [0.15, 0.2) is 5.11 Å². The number of thiocarbonyl (C=S) groups is 1. The Balaban J connectivity index is 1.67. The maximum absolute atomic E-state index is 12.4. The van der Waals surface area contributed by atoms with Crippen molar-refractivity contribution >= 4 is 50.1 Å². The normalized spacial score (nSPS) is 11.2. The molecule has 0 bridgehead atoms. The van der Waals surface area contributed by atoms with Gasteiger partial charge in [0.2, 0.25) is 10.0 Å². The smallest absolute Gasteiger partial charge is 0.242 e. The Bertz CT molecular complexity index is 1130. The summed E-state index contributed by atoms with van der Waals surface area (Å²) < 4.78 is 25.9. The van der Waals surface area contributed by atoms with Crippen molar-refractivity contribution in [3.63, 3.8) is 0 Å². The molecule has 0 aliphatic rings. The number of para-hydroxylation sites is 1. The highest BCUT2D eigenvalue weighted by Crippen LogP contribution is 2.23. The van der Waals surface area contributed by atoms with E-state index in [0.29, 0.717) is 10.8 Å². The van der Waals surface area contributed by atoms with Gasteiger partial charge in [-0.2, -0.15) is 0 Å². The molecule has 0 aliphatic carbocycles. The third kappa shape index (κ3) is 5.35. The summed E-state index contributed by atoms with van der Waals surface area (Å²) in [5.74, 6) is 0. The van der Waals surface area contributed by atoms with Gasteiger partial charge in [-0.25, -0.2) is 12.7 Å². The van der Waals surface area contributed by atoms with E-state index in [2.05, 4.69) is 16.0 Å². The molecule has 0 fully saturated rings. The average molecular weight is 441 g/mol. The van der Waals surface area contributed by atoms with Crippen LogP contribution in [0.4, 0.5) is 22.7 Å². The number of aryl methyl sites for hydroxylation is 1. The molecule has 8 heteroatoms. The second kappa shape index (κ2) is 9.25. The van der Waals surface area contributed by atoms with Gasteiger partial charge in [-0.05, 0) is 73.2 Å². The van der Waals surface area contributed by atoms with Crippen LogP contribution in [0.25, 0.3) is 0 Å². The Kier molecular flexibility index (Phi) is 6.71. The fourth-order valence-electron chi connectivity index (χ4n) is 2.72. The number of sulfonamides is 1. The molecule has 156 valence electrons. The summed E-state index contributed by atoms with van der Waals surface area (Å²) in [6.07, 6.45) is 0. The van der Waals surface area contributed by atoms with Crippen LogP contribution in [0.15, 0.2) is 77.7 Å². The lowest BCUT2D eigenvalue weighted by atomic mass is 10.2. The topological polar surface area (TPSA) is 73.5 Å². The SMILES string of the molecule is Cc1ccc(S(=O)(=O)N(C)C)cc1NC(=S)Nc1ccc(Nc2ccccc2)cc1. The Hall–Kier alpha value is -2.94. The molecular weight excluding hydrogens is 416 g/mol. The zero-order valence-electron chi connectivity index (χ0n) is 17.0. The maximum Gasteiger partial charge on any atom is 0.242 e. The van der Waals surface area contributed by atoms with Crippen molar-refractivity contribution in [1.29, 1.82) is 0 Å². The molecule has 6 nitrogen and oxygen atoms in total. The molecule has 3 rings (SSSR count). The number of hydrogen-bond acceptors (Lipinski definition) is 4. The molecule has 0 amide bonds. The summed E-state index contributed by atoms with van der Waals surface area (Å²) in [5, 5.41) is 9.91. The minimum Gasteiger partial charge on any atom is -0.356 e. The lowest BCUT2D eigenvalue weighted by molar-refractivity contribution is 0.521. The van der Waals surface area contributed by atoms with E-state index in [0.717, 1.165) is 22.6 Å². The van der Waals surface area contributed by atoms with Crippen molar-refractivity contribution in [3.8, 4) is 0 Å². The van der Waals surface area contributed by atoms with Crippen LogP contribution >= 0.6 is 12.2 Å². The molecule has 3 aromatic carbocycles. The number of rotatable bonds is 6. The highest BCUT2D eigenvalue weighted by Gasteiger charge is 2.18. The average Bonchev–Trinajstić information content (AvgIpc) is 2.71. The lowest BCUT2D eigenvalue weighted by Gasteiger charge is -2.16. The third-order valence-electron chi connectivity index (χ3n) is 4.44. The van der Waals surface area contributed by atoms with Crippen LogP contribution in [0.5, 0.6) is 0 Å². The minimum atomic E-state index is -3.52. The first-order valence-corrected chi connectivity index (χ1v) is 11.1. The fraction of sp³-hybridized carbons (Fsp3) is 0.136. The Morgan fingerprint density at radius 3 is 2.07 bits per heavy atom. The molecule has 0 radical (unpaired) electrons. The van der Waals surface area contributed by atoms with Crippen LogP contribution in [0.2, 0.25) is 0 Å². The molecule has 0 unspecified atom stereocenters. The predicted octanol–water partition coefficient (Wildman–Crippen LogP) is 4.80. The number of hydrogen-bond donors (Lipinski definition) is 3. The van der Waals surface area contributed by atoms with Crippen LogP contribution in [0.3, 0.4) is 0 Å². The maximum atomic E-state index is 12.4. The number of anilines is 4. The number of nitrogens with one attached hydrogen (secondary N) is 3. The van der Waals surface area contributed by atoms with Gasteiger partial charge in [0.1, 0.15) is 0 Å². The van der Waals surface area contributed by atoms with Crippen molar-refractivity contribution in [2.45, 2.75) is 11.8 Å². The largest absolute Gasteiger partial charge is 0.356 e. The first-order chi connectivity index (χ1) is 14.3. The highest BCUT2D eigenvalue weighted by atomic mass is 32.2. The van der Waals surface area contributed by atoms with E-state index in [1.807, 2.05) is 61.5 Å². The van der Waals surface area contributed by atoms with Crippen LogP contribution in [-0.2, 0) is 10.0 Å². The van der Waals surface area contributed by atoms with E-state index < -0.39 is 10.0 Å². The molecule has 30 heavy (non-hydrogen) atoms. The van der Waals surface area contributed by atoms with E-state index in [1.165, 1.54) is 18.4 Å². The molecule has 0 saturated carbocycles. The molecule has 3 N–H and O–H groups in total. The molecule has 0 heterocycles. The van der Waals surface area contributed by atoms with Gasteiger partial charge in [-0.15, -0.1) is 0 Å². The molecule has 0 atom stereocenters. The Morgan fingerprint density at radius 2 is 1.43 bits per heavy atom. The van der Waals surface area contributed by atoms with E-state index in [-0.39, 0.29) is 4.90 Å². The monoisotopic (exact) mass is 440 g/mol. The first-order valence-electron chi connectivity index (χ1n) is 9.29. The summed E-state index contributed by atoms with van der Waals surface area (Å²) in [4.78, 5) is 0.208. The van der Waals surface area contributed by atoms with Crippen LogP contribution < -0.4 is 16.0 Å². The van der Waals surface area contributed by atoms with Gasteiger partial charge < -0.3 is 16.0 Å². The van der Waals surface area contributed by atoms with Gasteiger partial charge in [-0.3, -0.25) is 0 Å². The minimum absolute atomic E-state index is 0.208. The quantitative estimate of drug-likeness (QED) is 0.478. The zero-order chi connectivity index (χ0) is 21.7. The Labute approximate surface area is 183 Å². The van der Waals surface area contributed by atoms with Gasteiger partial charge in [0, 0.05) is 36.8 Å². The third-order valence-corrected chi connectivity index (χ3v) is 6.46. The summed E-state index contributed by atoms with van der Waals surface area (Å²) in [5.41, 5.74) is 4.32. The van der Waals surface area contributed by atoms with Crippen molar-refractivity contribution in [2.24, 2.45) is 0 Å². The van der Waals surface area contributed by atoms with Gasteiger partial charge in [0.05, 0.1) is 4.90 Å². The van der Waals surface area contributed by atoms with E-state index in [1.54, 1.807) is 18.2 Å². The molecule has 0 aliphatic heterocycles. The van der Waals surface area contributed by atoms with Crippen molar-refractivity contribution in [3.05, 3.63) is 78.4 Å². The van der Waals surface area contributed by atoms with E-state index in [9.17, 15) is 8.42 Å². The van der Waals surface area contributed by atoms with Crippen LogP contribution in [0.1, 0.15) is 5.56 Å². The molecule has 0 spiro atoms. The summed E-state index contributed by atoms with van der Waals surface area (Å²) in [6.45, 7) is 1.89. The summed E-state index contributed by atoms with van der Waals surface area (Å²) in [7, 11) is -0.509. The van der Waals surface area contributed by atoms with E-state index in [4.69, 9.17) is 12.2 Å². The van der Waals surface area contributed by atoms with Crippen molar-refractivity contribution in [2.75, 3.05) is 30.0 Å². The number of nitrogens with zero attached hydrogens (tertiary/aromatic N) is 1. The summed E-state index contributed by atoms with van der Waals surface area (Å²) in [6, 6.07) is 22.6. The van der Waals surface area contributed by atoms with Gasteiger partial charge in [-0.1, -0.05) is 24.3 Å². The number of benzene rings is 3. The molecular formula is C22H24N4O2S2.